The smallest absolute Gasteiger partial charge is 0.306 e. The molecular formula is C16H21NO5. The van der Waals surface area contributed by atoms with Gasteiger partial charge in [-0.1, -0.05) is 30.3 Å². The highest BCUT2D eigenvalue weighted by Gasteiger charge is 2.34. The van der Waals surface area contributed by atoms with E-state index in [0.29, 0.717) is 0 Å². The van der Waals surface area contributed by atoms with Crippen molar-refractivity contribution in [1.29, 1.82) is 0 Å². The molecule has 0 aliphatic carbocycles. The normalized spacial score (nSPS) is 13.2. The number of carbonyl (C=O) groups excluding carboxylic acids is 2. The van der Waals surface area contributed by atoms with E-state index in [1.54, 1.807) is 31.2 Å². The number of Topliss-reactive ketones (excluding diaryl/α,β-unsaturated/α-hetero) is 1. The average molecular weight is 307 g/mol. The van der Waals surface area contributed by atoms with Gasteiger partial charge in [-0.15, -0.1) is 0 Å². The molecule has 0 saturated heterocycles. The van der Waals surface area contributed by atoms with Gasteiger partial charge in [-0.05, 0) is 19.4 Å². The van der Waals surface area contributed by atoms with Gasteiger partial charge in [0.1, 0.15) is 5.78 Å². The first kappa shape index (κ1) is 17.8. The first-order valence-corrected chi connectivity index (χ1v) is 7.29. The lowest BCUT2D eigenvalue weighted by molar-refractivity contribution is -0.527. The van der Waals surface area contributed by atoms with Crippen molar-refractivity contribution < 1.29 is 19.2 Å². The molecule has 1 rings (SSSR count). The number of benzene rings is 1. The zero-order valence-corrected chi connectivity index (χ0v) is 12.9. The molecule has 0 N–H and O–H groups in total. The van der Waals surface area contributed by atoms with Crippen molar-refractivity contribution in [2.24, 2.45) is 0 Å². The molecule has 0 aromatic heterocycles. The zero-order valence-electron chi connectivity index (χ0n) is 12.9. The number of hydrogen-bond donors (Lipinski definition) is 0. The van der Waals surface area contributed by atoms with E-state index in [4.69, 9.17) is 4.74 Å². The highest BCUT2D eigenvalue weighted by Crippen LogP contribution is 2.28. The second-order valence-corrected chi connectivity index (χ2v) is 5.12. The number of carbonyl (C=O) groups is 2. The first-order chi connectivity index (χ1) is 10.5. The van der Waals surface area contributed by atoms with Crippen molar-refractivity contribution in [3.05, 3.63) is 46.0 Å². The molecular weight excluding hydrogens is 286 g/mol. The molecule has 2 atom stereocenters. The number of nitrogens with zero attached hydrogens (tertiary/aromatic N) is 1. The first-order valence-electron chi connectivity index (χ1n) is 7.29. The highest BCUT2D eigenvalue weighted by molar-refractivity contribution is 5.76. The summed E-state index contributed by atoms with van der Waals surface area (Å²) in [6.07, 6.45) is 0.109. The Morgan fingerprint density at radius 2 is 1.91 bits per heavy atom. The Labute approximate surface area is 129 Å². The van der Waals surface area contributed by atoms with E-state index in [2.05, 4.69) is 0 Å². The van der Waals surface area contributed by atoms with Gasteiger partial charge in [-0.3, -0.25) is 14.9 Å². The van der Waals surface area contributed by atoms with Gasteiger partial charge in [0.2, 0.25) is 6.04 Å². The minimum atomic E-state index is -0.990. The number of esters is 1. The van der Waals surface area contributed by atoms with E-state index in [1.807, 2.05) is 6.07 Å². The maximum absolute atomic E-state index is 11.5. The van der Waals surface area contributed by atoms with E-state index in [1.165, 1.54) is 6.92 Å². The van der Waals surface area contributed by atoms with Gasteiger partial charge in [0.15, 0.2) is 0 Å². The summed E-state index contributed by atoms with van der Waals surface area (Å²) >= 11 is 0. The molecule has 0 fully saturated rings. The van der Waals surface area contributed by atoms with Gasteiger partial charge in [0.25, 0.3) is 0 Å². The molecule has 0 aliphatic heterocycles. The van der Waals surface area contributed by atoms with Crippen molar-refractivity contribution in [3.8, 4) is 0 Å². The number of nitro groups is 1. The summed E-state index contributed by atoms with van der Waals surface area (Å²) in [6.45, 7) is 3.35. The Morgan fingerprint density at radius 3 is 2.41 bits per heavy atom. The molecule has 0 heterocycles. The maximum Gasteiger partial charge on any atom is 0.306 e. The van der Waals surface area contributed by atoms with Crippen LogP contribution in [0.25, 0.3) is 0 Å². The van der Waals surface area contributed by atoms with Crippen LogP contribution in [0.5, 0.6) is 0 Å². The summed E-state index contributed by atoms with van der Waals surface area (Å²) in [4.78, 5) is 33.9. The maximum atomic E-state index is 11.5. The summed E-state index contributed by atoms with van der Waals surface area (Å²) in [5.41, 5.74) is 0.739. The molecule has 22 heavy (non-hydrogen) atoms. The van der Waals surface area contributed by atoms with Gasteiger partial charge in [-0.2, -0.15) is 0 Å². The Morgan fingerprint density at radius 1 is 1.27 bits per heavy atom. The van der Waals surface area contributed by atoms with Gasteiger partial charge < -0.3 is 9.53 Å². The lowest BCUT2D eigenvalue weighted by atomic mass is 9.85. The molecule has 0 spiro atoms. The third-order valence-corrected chi connectivity index (χ3v) is 3.42. The van der Waals surface area contributed by atoms with Crippen LogP contribution >= 0.6 is 0 Å². The zero-order chi connectivity index (χ0) is 16.5. The molecule has 6 nitrogen and oxygen atoms in total. The number of rotatable bonds is 9. The van der Waals surface area contributed by atoms with Crippen LogP contribution in [0.15, 0.2) is 30.3 Å². The Balaban J connectivity index is 2.93. The van der Waals surface area contributed by atoms with Crippen LogP contribution in [0, 0.1) is 10.1 Å². The van der Waals surface area contributed by atoms with E-state index in [0.717, 1.165) is 5.56 Å². The Kier molecular flexibility index (Phi) is 7.22. The van der Waals surface area contributed by atoms with Crippen molar-refractivity contribution in [2.45, 2.75) is 45.1 Å². The molecule has 1 aromatic carbocycles. The molecule has 0 saturated carbocycles. The van der Waals surface area contributed by atoms with Crippen molar-refractivity contribution >= 4 is 11.8 Å². The number of ether oxygens (including phenoxy) is 1. The Hall–Kier alpha value is -2.24. The quantitative estimate of drug-likeness (QED) is 0.398. The second kappa shape index (κ2) is 8.92. The van der Waals surface area contributed by atoms with Crippen LogP contribution < -0.4 is 0 Å². The largest absolute Gasteiger partial charge is 0.466 e. The van der Waals surface area contributed by atoms with Crippen molar-refractivity contribution in [1.82, 2.24) is 0 Å². The third kappa shape index (κ3) is 5.63. The number of ketones is 1. The van der Waals surface area contributed by atoms with E-state index < -0.39 is 22.9 Å². The predicted molar refractivity (Wildman–Crippen MR) is 81.1 cm³/mol. The molecule has 120 valence electrons. The Bertz CT molecular complexity index is 515. The monoisotopic (exact) mass is 307 g/mol. The summed E-state index contributed by atoms with van der Waals surface area (Å²) in [5, 5.41) is 11.4. The van der Waals surface area contributed by atoms with Crippen LogP contribution in [-0.4, -0.2) is 29.3 Å². The molecule has 0 radical (unpaired) electrons. The lowest BCUT2D eigenvalue weighted by Gasteiger charge is -2.20. The van der Waals surface area contributed by atoms with Gasteiger partial charge in [0.05, 0.1) is 18.9 Å². The molecule has 1 aromatic rings. The summed E-state index contributed by atoms with van der Waals surface area (Å²) in [5.74, 6) is -1.11. The van der Waals surface area contributed by atoms with Crippen LogP contribution in [0.1, 0.15) is 44.6 Å². The van der Waals surface area contributed by atoms with Crippen molar-refractivity contribution in [2.75, 3.05) is 6.61 Å². The molecule has 0 amide bonds. The van der Waals surface area contributed by atoms with Crippen LogP contribution in [0.2, 0.25) is 0 Å². The molecule has 6 heteroatoms. The second-order valence-electron chi connectivity index (χ2n) is 5.12. The van der Waals surface area contributed by atoms with Crippen LogP contribution in [-0.2, 0) is 14.3 Å². The highest BCUT2D eigenvalue weighted by atomic mass is 16.6. The fourth-order valence-corrected chi connectivity index (χ4v) is 2.44. The minimum Gasteiger partial charge on any atom is -0.466 e. The summed E-state index contributed by atoms with van der Waals surface area (Å²) < 4.78 is 4.81. The molecule has 0 aliphatic rings. The van der Waals surface area contributed by atoms with Gasteiger partial charge in [0, 0.05) is 17.8 Å². The van der Waals surface area contributed by atoms with Crippen molar-refractivity contribution in [3.63, 3.8) is 0 Å². The third-order valence-electron chi connectivity index (χ3n) is 3.42. The summed E-state index contributed by atoms with van der Waals surface area (Å²) in [7, 11) is 0. The average Bonchev–Trinajstić information content (AvgIpc) is 2.46. The van der Waals surface area contributed by atoms with Gasteiger partial charge in [-0.25, -0.2) is 0 Å². The number of hydrogen-bond acceptors (Lipinski definition) is 5. The standard InChI is InChI=1S/C16H21NO5/c1-3-22-16(19)10-9-15(17(20)21)14(11-12(2)18)13-7-5-4-6-8-13/h4-8,14-15H,3,9-11H2,1-2H3/t14-,15+/m0/s1. The summed E-state index contributed by atoms with van der Waals surface area (Å²) in [6, 6.07) is 7.93. The minimum absolute atomic E-state index is 0.0271. The molecule has 0 unspecified atom stereocenters. The lowest BCUT2D eigenvalue weighted by Crippen LogP contribution is -2.30. The van der Waals surface area contributed by atoms with E-state index in [-0.39, 0.29) is 31.7 Å². The fourth-order valence-electron chi connectivity index (χ4n) is 2.44. The van der Waals surface area contributed by atoms with E-state index in [9.17, 15) is 19.7 Å². The van der Waals surface area contributed by atoms with E-state index >= 15 is 0 Å². The topological polar surface area (TPSA) is 86.5 Å². The van der Waals surface area contributed by atoms with Crippen LogP contribution in [0.3, 0.4) is 0 Å². The van der Waals surface area contributed by atoms with Gasteiger partial charge >= 0.3 is 5.97 Å². The SMILES string of the molecule is CCOC(=O)CC[C@H]([C@@H](CC(C)=O)c1ccccc1)[N+](=O)[O-]. The fraction of sp³-hybridized carbons (Fsp3) is 0.500. The van der Waals surface area contributed by atoms with Crippen LogP contribution in [0.4, 0.5) is 0 Å². The predicted octanol–water partition coefficient (Wildman–Crippen LogP) is 2.74. The molecule has 0 bridgehead atoms.